The molecule has 0 spiro atoms. The monoisotopic (exact) mass is 345 g/mol. The Kier molecular flexibility index (Phi) is 5.49. The zero-order valence-corrected chi connectivity index (χ0v) is 13.6. The van der Waals surface area contributed by atoms with E-state index < -0.39 is 17.8 Å². The number of carboxylic acids is 2. The van der Waals surface area contributed by atoms with Gasteiger partial charge in [-0.3, -0.25) is 9.59 Å². The molecule has 0 radical (unpaired) electrons. The van der Waals surface area contributed by atoms with Crippen molar-refractivity contribution in [2.75, 3.05) is 5.32 Å². The molecule has 0 aliphatic heterocycles. The van der Waals surface area contributed by atoms with E-state index in [1.807, 2.05) is 30.3 Å². The average molecular weight is 345 g/mol. The summed E-state index contributed by atoms with van der Waals surface area (Å²) in [5.74, 6) is -2.75. The lowest BCUT2D eigenvalue weighted by atomic mass is 10.1. The molecular weight excluding hydrogens is 330 g/mol. The summed E-state index contributed by atoms with van der Waals surface area (Å²) in [5.41, 5.74) is 1.12. The van der Waals surface area contributed by atoms with Gasteiger partial charge in [0.15, 0.2) is 0 Å². The Labute approximate surface area is 142 Å². The Morgan fingerprint density at radius 2 is 1.83 bits per heavy atom. The Hall–Kier alpha value is -2.93. The summed E-state index contributed by atoms with van der Waals surface area (Å²) in [6.07, 6.45) is 2.62. The van der Waals surface area contributed by atoms with Crippen molar-refractivity contribution in [3.8, 4) is 0 Å². The van der Waals surface area contributed by atoms with E-state index >= 15 is 0 Å². The highest BCUT2D eigenvalue weighted by Crippen LogP contribution is 2.33. The van der Waals surface area contributed by atoms with Crippen molar-refractivity contribution in [1.29, 1.82) is 0 Å². The third-order valence-corrected chi connectivity index (χ3v) is 4.44. The van der Waals surface area contributed by atoms with Crippen LogP contribution < -0.4 is 5.32 Å². The number of nitrogens with one attached hydrogen (secondary N) is 1. The summed E-state index contributed by atoms with van der Waals surface area (Å²) in [7, 11) is 0. The summed E-state index contributed by atoms with van der Waals surface area (Å²) < 4.78 is 0. The minimum absolute atomic E-state index is 0.0716. The van der Waals surface area contributed by atoms with Gasteiger partial charge in [0.2, 0.25) is 5.91 Å². The molecule has 3 N–H and O–H groups in total. The molecule has 0 aliphatic carbocycles. The fourth-order valence-corrected chi connectivity index (χ4v) is 3.29. The smallest absolute Gasteiger partial charge is 0.338 e. The molecular formula is C17H15NO5S. The maximum atomic E-state index is 12.0. The summed E-state index contributed by atoms with van der Waals surface area (Å²) in [6.45, 7) is 1.54. The summed E-state index contributed by atoms with van der Waals surface area (Å²) in [5, 5.41) is 20.8. The van der Waals surface area contributed by atoms with Gasteiger partial charge in [-0.05, 0) is 24.1 Å². The van der Waals surface area contributed by atoms with Crippen LogP contribution in [0.15, 0.2) is 36.4 Å². The van der Waals surface area contributed by atoms with Crippen LogP contribution in [0.1, 0.15) is 26.4 Å². The first-order chi connectivity index (χ1) is 11.4. The molecule has 6 nitrogen and oxygen atoms in total. The first-order valence-electron chi connectivity index (χ1n) is 7.00. The highest BCUT2D eigenvalue weighted by Gasteiger charge is 2.22. The molecule has 2 rings (SSSR count). The highest BCUT2D eigenvalue weighted by atomic mass is 32.1. The van der Waals surface area contributed by atoms with Crippen molar-refractivity contribution in [2.24, 2.45) is 0 Å². The second-order valence-corrected chi connectivity index (χ2v) is 6.07. The van der Waals surface area contributed by atoms with Gasteiger partial charge < -0.3 is 15.5 Å². The lowest BCUT2D eigenvalue weighted by molar-refractivity contribution is -0.136. The van der Waals surface area contributed by atoms with Crippen LogP contribution in [-0.4, -0.2) is 28.1 Å². The number of amides is 1. The molecule has 1 aromatic heterocycles. The Balaban J connectivity index is 2.22. The van der Waals surface area contributed by atoms with Gasteiger partial charge in [0.25, 0.3) is 0 Å². The molecule has 0 unspecified atom stereocenters. The van der Waals surface area contributed by atoms with Gasteiger partial charge in [0.05, 0.1) is 12.0 Å². The van der Waals surface area contributed by atoms with Crippen molar-refractivity contribution in [1.82, 2.24) is 0 Å². The van der Waals surface area contributed by atoms with Crippen LogP contribution in [0.25, 0.3) is 6.08 Å². The lowest BCUT2D eigenvalue weighted by Crippen LogP contribution is -2.10. The Bertz CT molecular complexity index is 808. The minimum atomic E-state index is -1.21. The average Bonchev–Trinajstić information content (AvgIpc) is 2.81. The molecule has 1 amide bonds. The molecule has 0 saturated heterocycles. The quantitative estimate of drug-likeness (QED) is 0.698. The maximum Gasteiger partial charge on any atom is 0.338 e. The van der Waals surface area contributed by atoms with E-state index in [4.69, 9.17) is 5.11 Å². The SMILES string of the molecule is Cc1c(CC(=O)O)sc(NC(=O)C=Cc2ccccc2)c1C(=O)O. The van der Waals surface area contributed by atoms with E-state index in [2.05, 4.69) is 5.32 Å². The van der Waals surface area contributed by atoms with Crippen LogP contribution in [0.3, 0.4) is 0 Å². The highest BCUT2D eigenvalue weighted by molar-refractivity contribution is 7.17. The van der Waals surface area contributed by atoms with Gasteiger partial charge >= 0.3 is 11.9 Å². The Morgan fingerprint density at radius 3 is 2.42 bits per heavy atom. The topological polar surface area (TPSA) is 104 Å². The van der Waals surface area contributed by atoms with E-state index in [0.717, 1.165) is 16.9 Å². The van der Waals surface area contributed by atoms with E-state index in [1.165, 1.54) is 13.0 Å². The first kappa shape index (κ1) is 17.4. The number of aromatic carboxylic acids is 1. The summed E-state index contributed by atoms with van der Waals surface area (Å²) in [6, 6.07) is 9.18. The van der Waals surface area contributed by atoms with Crippen LogP contribution in [0.2, 0.25) is 0 Å². The van der Waals surface area contributed by atoms with Crippen molar-refractivity contribution in [3.63, 3.8) is 0 Å². The number of benzene rings is 1. The minimum Gasteiger partial charge on any atom is -0.481 e. The maximum absolute atomic E-state index is 12.0. The van der Waals surface area contributed by atoms with Crippen molar-refractivity contribution >= 4 is 40.3 Å². The van der Waals surface area contributed by atoms with E-state index in [-0.39, 0.29) is 17.0 Å². The molecule has 24 heavy (non-hydrogen) atoms. The van der Waals surface area contributed by atoms with Crippen LogP contribution in [-0.2, 0) is 16.0 Å². The van der Waals surface area contributed by atoms with Gasteiger partial charge in [0.1, 0.15) is 5.00 Å². The molecule has 0 saturated carbocycles. The number of hydrogen-bond acceptors (Lipinski definition) is 4. The van der Waals surface area contributed by atoms with Gasteiger partial charge in [-0.25, -0.2) is 4.79 Å². The number of carbonyl (C=O) groups excluding carboxylic acids is 1. The second kappa shape index (κ2) is 7.56. The van der Waals surface area contributed by atoms with Crippen LogP contribution in [0, 0.1) is 6.92 Å². The molecule has 1 aromatic carbocycles. The third-order valence-electron chi connectivity index (χ3n) is 3.23. The molecule has 124 valence electrons. The van der Waals surface area contributed by atoms with Crippen LogP contribution in [0.4, 0.5) is 5.00 Å². The molecule has 0 bridgehead atoms. The van der Waals surface area contributed by atoms with E-state index in [9.17, 15) is 19.5 Å². The van der Waals surface area contributed by atoms with Gasteiger partial charge in [-0.1, -0.05) is 30.3 Å². The van der Waals surface area contributed by atoms with Gasteiger partial charge in [0, 0.05) is 11.0 Å². The standard InChI is InChI=1S/C17H15NO5S/c1-10-12(9-14(20)21)24-16(15(10)17(22)23)18-13(19)8-7-11-5-3-2-4-6-11/h2-8H,9H2,1H3,(H,18,19)(H,20,21)(H,22,23). The fourth-order valence-electron chi connectivity index (χ4n) is 2.10. The lowest BCUT2D eigenvalue weighted by Gasteiger charge is -2.01. The van der Waals surface area contributed by atoms with Gasteiger partial charge in [-0.2, -0.15) is 0 Å². The molecule has 0 aliphatic rings. The third kappa shape index (κ3) is 4.30. The molecule has 0 fully saturated rings. The number of thiophene rings is 1. The van der Waals surface area contributed by atoms with Crippen LogP contribution >= 0.6 is 11.3 Å². The number of anilines is 1. The Morgan fingerprint density at radius 1 is 1.17 bits per heavy atom. The zero-order valence-electron chi connectivity index (χ0n) is 12.8. The molecule has 2 aromatic rings. The van der Waals surface area contributed by atoms with Crippen molar-refractivity contribution < 1.29 is 24.6 Å². The normalized spacial score (nSPS) is 10.7. The number of rotatable bonds is 6. The van der Waals surface area contributed by atoms with E-state index in [0.29, 0.717) is 10.4 Å². The van der Waals surface area contributed by atoms with E-state index in [1.54, 1.807) is 6.08 Å². The number of carbonyl (C=O) groups is 3. The summed E-state index contributed by atoms with van der Waals surface area (Å²) in [4.78, 5) is 34.7. The zero-order chi connectivity index (χ0) is 17.7. The van der Waals surface area contributed by atoms with Crippen LogP contribution in [0.5, 0.6) is 0 Å². The fraction of sp³-hybridized carbons (Fsp3) is 0.118. The molecule has 7 heteroatoms. The molecule has 1 heterocycles. The van der Waals surface area contributed by atoms with Gasteiger partial charge in [-0.15, -0.1) is 11.3 Å². The number of aliphatic carboxylic acids is 1. The largest absolute Gasteiger partial charge is 0.481 e. The first-order valence-corrected chi connectivity index (χ1v) is 7.81. The predicted molar refractivity (Wildman–Crippen MR) is 91.5 cm³/mol. The van der Waals surface area contributed by atoms with Crippen molar-refractivity contribution in [3.05, 3.63) is 58.0 Å². The van der Waals surface area contributed by atoms with Crippen molar-refractivity contribution in [2.45, 2.75) is 13.3 Å². The number of hydrogen-bond donors (Lipinski definition) is 3. The number of carboxylic acid groups (broad SMARTS) is 2. The second-order valence-electron chi connectivity index (χ2n) is 4.96. The predicted octanol–water partition coefficient (Wildman–Crippen LogP) is 3.03. The summed E-state index contributed by atoms with van der Waals surface area (Å²) >= 11 is 0.965. The molecule has 0 atom stereocenters.